The van der Waals surface area contributed by atoms with E-state index in [0.717, 1.165) is 0 Å². The molecule has 0 saturated carbocycles. The van der Waals surface area contributed by atoms with Crippen molar-refractivity contribution in [1.82, 2.24) is 0 Å². The number of hydrogen-bond donors (Lipinski definition) is 1. The van der Waals surface area contributed by atoms with Crippen molar-refractivity contribution >= 4 is 12.6 Å². The largest absolute Gasteiger partial charge is 0.365 e. The number of halogens is 4. The van der Waals surface area contributed by atoms with Crippen molar-refractivity contribution in [2.75, 3.05) is 12.5 Å². The number of rotatable bonds is 4. The molecule has 0 bridgehead atoms. The van der Waals surface area contributed by atoms with Crippen molar-refractivity contribution in [3.05, 3.63) is 0 Å². The third-order valence-electron chi connectivity index (χ3n) is 0.705. The van der Waals surface area contributed by atoms with Crippen LogP contribution in [0.15, 0.2) is 0 Å². The molecule has 0 saturated heterocycles. The second-order valence-electron chi connectivity index (χ2n) is 1.54. The van der Waals surface area contributed by atoms with Gasteiger partial charge < -0.3 is 4.74 Å². The molecule has 0 aromatic rings. The lowest BCUT2D eigenvalue weighted by atomic mass is 10.4. The maximum atomic E-state index is 11.8. The summed E-state index contributed by atoms with van der Waals surface area (Å²) in [7, 11) is 0. The molecule has 0 spiro atoms. The van der Waals surface area contributed by atoms with E-state index in [0.29, 0.717) is 0 Å². The van der Waals surface area contributed by atoms with Crippen LogP contribution in [0.3, 0.4) is 0 Å². The third kappa shape index (κ3) is 3.26. The van der Waals surface area contributed by atoms with Gasteiger partial charge in [0.15, 0.2) is 0 Å². The molecule has 0 aromatic heterocycles. The van der Waals surface area contributed by atoms with E-state index in [2.05, 4.69) is 17.4 Å². The van der Waals surface area contributed by atoms with Gasteiger partial charge in [-0.25, -0.2) is 8.78 Å². The molecule has 0 atom stereocenters. The van der Waals surface area contributed by atoms with Crippen molar-refractivity contribution in [3.63, 3.8) is 0 Å². The predicted octanol–water partition coefficient (Wildman–Crippen LogP) is 1.79. The molecule has 0 fully saturated rings. The fourth-order valence-corrected chi connectivity index (χ4v) is 0.336. The van der Waals surface area contributed by atoms with Gasteiger partial charge in [0.25, 0.3) is 0 Å². The van der Waals surface area contributed by atoms with Crippen LogP contribution in [0.2, 0.25) is 0 Å². The van der Waals surface area contributed by atoms with Gasteiger partial charge in [-0.15, -0.1) is 0 Å². The van der Waals surface area contributed by atoms with Gasteiger partial charge in [0.1, 0.15) is 6.61 Å². The zero-order valence-corrected chi connectivity index (χ0v) is 5.75. The summed E-state index contributed by atoms with van der Waals surface area (Å²) in [5, 5.41) is 0. The lowest BCUT2D eigenvalue weighted by Crippen LogP contribution is -2.32. The Morgan fingerprint density at radius 3 is 2.20 bits per heavy atom. The Balaban J connectivity index is 3.63. The van der Waals surface area contributed by atoms with Crippen LogP contribution in [0, 0.1) is 0 Å². The molecule has 0 heterocycles. The van der Waals surface area contributed by atoms with E-state index in [1.165, 1.54) is 0 Å². The van der Waals surface area contributed by atoms with Crippen molar-refractivity contribution in [2.24, 2.45) is 0 Å². The standard InChI is InChI=1S/C4H6F4OS/c5-3(6)4(7,8)1-9-2-10/h3,10H,1-2H2. The van der Waals surface area contributed by atoms with Crippen LogP contribution < -0.4 is 0 Å². The molecule has 0 unspecified atom stereocenters. The molecule has 0 aliphatic carbocycles. The molecule has 0 N–H and O–H groups in total. The number of alkyl halides is 4. The predicted molar refractivity (Wildman–Crippen MR) is 30.8 cm³/mol. The van der Waals surface area contributed by atoms with Gasteiger partial charge >= 0.3 is 12.3 Å². The zero-order chi connectivity index (χ0) is 8.20. The molecule has 0 aliphatic heterocycles. The van der Waals surface area contributed by atoms with Gasteiger partial charge in [-0.3, -0.25) is 0 Å². The summed E-state index contributed by atoms with van der Waals surface area (Å²) in [5.41, 5.74) is 0. The van der Waals surface area contributed by atoms with E-state index < -0.39 is 19.0 Å². The highest BCUT2D eigenvalue weighted by molar-refractivity contribution is 7.80. The van der Waals surface area contributed by atoms with E-state index in [9.17, 15) is 17.6 Å². The minimum atomic E-state index is -4.05. The molecule has 0 aromatic carbocycles. The first kappa shape index (κ1) is 10.0. The summed E-state index contributed by atoms with van der Waals surface area (Å²) in [4.78, 5) is 0. The van der Waals surface area contributed by atoms with Crippen molar-refractivity contribution in [1.29, 1.82) is 0 Å². The normalized spacial score (nSPS) is 12.6. The van der Waals surface area contributed by atoms with E-state index in [4.69, 9.17) is 0 Å². The number of hydrogen-bond acceptors (Lipinski definition) is 2. The van der Waals surface area contributed by atoms with Gasteiger partial charge in [0, 0.05) is 0 Å². The molecular formula is C4H6F4OS. The second-order valence-corrected chi connectivity index (χ2v) is 1.80. The van der Waals surface area contributed by atoms with Crippen LogP contribution in [-0.2, 0) is 4.74 Å². The Kier molecular flexibility index (Phi) is 4.04. The fraction of sp³-hybridized carbons (Fsp3) is 1.00. The second kappa shape index (κ2) is 4.02. The van der Waals surface area contributed by atoms with Crippen LogP contribution in [0.4, 0.5) is 17.6 Å². The molecule has 0 radical (unpaired) electrons. The Labute approximate surface area is 60.8 Å². The van der Waals surface area contributed by atoms with Crippen molar-refractivity contribution < 1.29 is 22.3 Å². The van der Waals surface area contributed by atoms with Crippen LogP contribution in [0.25, 0.3) is 0 Å². The Bertz CT molecular complexity index is 97.3. The van der Waals surface area contributed by atoms with Crippen molar-refractivity contribution in [3.8, 4) is 0 Å². The first-order chi connectivity index (χ1) is 4.50. The van der Waals surface area contributed by atoms with Gasteiger partial charge in [-0.05, 0) is 0 Å². The topological polar surface area (TPSA) is 9.23 Å². The van der Waals surface area contributed by atoms with Crippen molar-refractivity contribution in [2.45, 2.75) is 12.3 Å². The van der Waals surface area contributed by atoms with E-state index >= 15 is 0 Å². The van der Waals surface area contributed by atoms with Crippen LogP contribution in [0.5, 0.6) is 0 Å². The van der Waals surface area contributed by atoms with E-state index in [1.54, 1.807) is 0 Å². The molecule has 1 nitrogen and oxygen atoms in total. The highest BCUT2D eigenvalue weighted by Gasteiger charge is 2.40. The fourth-order valence-electron chi connectivity index (χ4n) is 0.245. The van der Waals surface area contributed by atoms with Crippen LogP contribution >= 0.6 is 12.6 Å². The maximum absolute atomic E-state index is 11.8. The lowest BCUT2D eigenvalue weighted by molar-refractivity contribution is -0.161. The Morgan fingerprint density at radius 2 is 1.90 bits per heavy atom. The SMILES string of the molecule is FC(F)C(F)(F)COCS. The summed E-state index contributed by atoms with van der Waals surface area (Å²) in [6.07, 6.45) is -3.67. The molecule has 6 heteroatoms. The monoisotopic (exact) mass is 178 g/mol. The highest BCUT2D eigenvalue weighted by atomic mass is 32.1. The summed E-state index contributed by atoms with van der Waals surface area (Å²) in [6.45, 7) is -1.28. The zero-order valence-electron chi connectivity index (χ0n) is 4.86. The minimum absolute atomic E-state index is 0.289. The van der Waals surface area contributed by atoms with E-state index in [1.807, 2.05) is 0 Å². The summed E-state index contributed by atoms with van der Waals surface area (Å²) < 4.78 is 50.2. The highest BCUT2D eigenvalue weighted by Crippen LogP contribution is 2.22. The minimum Gasteiger partial charge on any atom is -0.365 e. The van der Waals surface area contributed by atoms with Gasteiger partial charge in [-0.1, -0.05) is 0 Å². The average molecular weight is 178 g/mol. The van der Waals surface area contributed by atoms with Crippen LogP contribution in [0.1, 0.15) is 0 Å². The molecular weight excluding hydrogens is 172 g/mol. The Morgan fingerprint density at radius 1 is 1.40 bits per heavy atom. The van der Waals surface area contributed by atoms with Gasteiger partial charge in [-0.2, -0.15) is 21.4 Å². The third-order valence-corrected chi connectivity index (χ3v) is 0.888. The number of thiol groups is 1. The lowest BCUT2D eigenvalue weighted by Gasteiger charge is -2.13. The molecule has 0 amide bonds. The van der Waals surface area contributed by atoms with Gasteiger partial charge in [0.05, 0.1) is 5.94 Å². The van der Waals surface area contributed by atoms with Crippen LogP contribution in [-0.4, -0.2) is 24.9 Å². The Hall–Kier alpha value is 0.0300. The molecule has 62 valence electrons. The van der Waals surface area contributed by atoms with Gasteiger partial charge in [0.2, 0.25) is 0 Å². The quantitative estimate of drug-likeness (QED) is 0.392. The number of ether oxygens (including phenoxy) is 1. The summed E-state index contributed by atoms with van der Waals surface area (Å²) in [5.74, 6) is -4.34. The average Bonchev–Trinajstić information content (AvgIpc) is 1.84. The van der Waals surface area contributed by atoms with E-state index in [-0.39, 0.29) is 5.94 Å². The molecule has 10 heavy (non-hydrogen) atoms. The first-order valence-corrected chi connectivity index (χ1v) is 2.98. The summed E-state index contributed by atoms with van der Waals surface area (Å²) >= 11 is 3.40. The molecule has 0 rings (SSSR count). The maximum Gasteiger partial charge on any atom is 0.330 e. The smallest absolute Gasteiger partial charge is 0.330 e. The molecule has 0 aliphatic rings. The summed E-state index contributed by atoms with van der Waals surface area (Å²) in [6, 6.07) is 0. The first-order valence-electron chi connectivity index (χ1n) is 2.35.